The van der Waals surface area contributed by atoms with E-state index in [4.69, 9.17) is 20.8 Å². The number of nitrogens with zero attached hydrogens (tertiary/aromatic N) is 1. The van der Waals surface area contributed by atoms with Crippen LogP contribution in [0.1, 0.15) is 15.9 Å². The van der Waals surface area contributed by atoms with E-state index in [0.717, 1.165) is 11.1 Å². The lowest BCUT2D eigenvalue weighted by Gasteiger charge is -2.10. The number of rotatable bonds is 4. The Morgan fingerprint density at radius 3 is 2.75 bits per heavy atom. The Kier molecular flexibility index (Phi) is 4.75. The van der Waals surface area contributed by atoms with E-state index in [0.29, 0.717) is 39.1 Å². The molecule has 0 aliphatic rings. The average Bonchev–Trinajstić information content (AvgIpc) is 3.12. The second-order valence-corrected chi connectivity index (χ2v) is 6.75. The standard InChI is InChI=1S/C22H17ClN2O3/c1-13-7-10-20-18(11-13)25-22(28-20)16-12-14(8-9-17(16)23)24-21(26)15-5-3-4-6-19(15)27-2/h3-12H,1-2H3,(H,24,26). The van der Waals surface area contributed by atoms with E-state index in [1.165, 1.54) is 7.11 Å². The number of aryl methyl sites for hydroxylation is 1. The summed E-state index contributed by atoms with van der Waals surface area (Å²) in [5, 5.41) is 3.35. The third kappa shape index (κ3) is 3.44. The van der Waals surface area contributed by atoms with E-state index < -0.39 is 0 Å². The summed E-state index contributed by atoms with van der Waals surface area (Å²) in [6.45, 7) is 1.99. The van der Waals surface area contributed by atoms with Crippen LogP contribution in [0.4, 0.5) is 5.69 Å². The minimum Gasteiger partial charge on any atom is -0.496 e. The van der Waals surface area contributed by atoms with Gasteiger partial charge in [-0.1, -0.05) is 29.8 Å². The van der Waals surface area contributed by atoms with Crippen LogP contribution in [0.2, 0.25) is 5.02 Å². The van der Waals surface area contributed by atoms with Crippen molar-refractivity contribution in [1.29, 1.82) is 0 Å². The van der Waals surface area contributed by atoms with Gasteiger partial charge in [0.25, 0.3) is 5.91 Å². The molecule has 0 unspecified atom stereocenters. The summed E-state index contributed by atoms with van der Waals surface area (Å²) in [4.78, 5) is 17.2. The molecule has 1 amide bonds. The van der Waals surface area contributed by atoms with E-state index in [9.17, 15) is 4.79 Å². The number of para-hydroxylation sites is 1. The molecular weight excluding hydrogens is 376 g/mol. The predicted octanol–water partition coefficient (Wildman–Crippen LogP) is 5.72. The number of hydrogen-bond donors (Lipinski definition) is 1. The molecule has 6 heteroatoms. The SMILES string of the molecule is COc1ccccc1C(=O)Nc1ccc(Cl)c(-c2nc3cc(C)ccc3o2)c1. The first kappa shape index (κ1) is 18.1. The molecule has 1 aromatic heterocycles. The Labute approximate surface area is 166 Å². The molecule has 0 bridgehead atoms. The van der Waals surface area contributed by atoms with Gasteiger partial charge in [0.15, 0.2) is 5.58 Å². The molecule has 0 spiro atoms. The number of methoxy groups -OCH3 is 1. The van der Waals surface area contributed by atoms with E-state index >= 15 is 0 Å². The average molecular weight is 393 g/mol. The summed E-state index contributed by atoms with van der Waals surface area (Å²) in [5.41, 5.74) is 4.16. The van der Waals surface area contributed by atoms with E-state index in [-0.39, 0.29) is 5.91 Å². The Bertz CT molecular complexity index is 1180. The van der Waals surface area contributed by atoms with Gasteiger partial charge in [0.2, 0.25) is 5.89 Å². The maximum Gasteiger partial charge on any atom is 0.259 e. The van der Waals surface area contributed by atoms with Gasteiger partial charge in [-0.25, -0.2) is 4.98 Å². The smallest absolute Gasteiger partial charge is 0.259 e. The highest BCUT2D eigenvalue weighted by Gasteiger charge is 2.15. The number of benzene rings is 3. The number of fused-ring (bicyclic) bond motifs is 1. The molecule has 1 heterocycles. The molecule has 0 fully saturated rings. The van der Waals surface area contributed by atoms with Crippen LogP contribution in [-0.4, -0.2) is 18.0 Å². The van der Waals surface area contributed by atoms with Crippen molar-refractivity contribution in [2.45, 2.75) is 6.92 Å². The molecule has 1 N–H and O–H groups in total. The van der Waals surface area contributed by atoms with E-state index in [1.807, 2.05) is 31.2 Å². The van der Waals surface area contributed by atoms with Crippen molar-refractivity contribution >= 4 is 34.3 Å². The summed E-state index contributed by atoms with van der Waals surface area (Å²) < 4.78 is 11.1. The molecular formula is C22H17ClN2O3. The molecule has 0 radical (unpaired) electrons. The van der Waals surface area contributed by atoms with E-state index in [2.05, 4.69) is 10.3 Å². The Morgan fingerprint density at radius 2 is 1.93 bits per heavy atom. The first-order chi connectivity index (χ1) is 13.5. The highest BCUT2D eigenvalue weighted by atomic mass is 35.5. The van der Waals surface area contributed by atoms with Crippen LogP contribution in [0.15, 0.2) is 65.1 Å². The number of carbonyl (C=O) groups excluding carboxylic acids is 1. The van der Waals surface area contributed by atoms with Crippen LogP contribution in [0.25, 0.3) is 22.6 Å². The normalized spacial score (nSPS) is 10.8. The van der Waals surface area contributed by atoms with Gasteiger partial charge in [-0.3, -0.25) is 4.79 Å². The lowest BCUT2D eigenvalue weighted by Crippen LogP contribution is -2.13. The third-order valence-corrected chi connectivity index (χ3v) is 4.68. The number of halogens is 1. The van der Waals surface area contributed by atoms with Crippen LogP contribution < -0.4 is 10.1 Å². The van der Waals surface area contributed by atoms with Crippen molar-refractivity contribution in [3.05, 3.63) is 76.8 Å². The van der Waals surface area contributed by atoms with Crippen molar-refractivity contribution < 1.29 is 13.9 Å². The molecule has 0 atom stereocenters. The number of ether oxygens (including phenoxy) is 1. The third-order valence-electron chi connectivity index (χ3n) is 4.35. The molecule has 3 aromatic carbocycles. The van der Waals surface area contributed by atoms with Crippen molar-refractivity contribution in [2.24, 2.45) is 0 Å². The van der Waals surface area contributed by atoms with Crippen molar-refractivity contribution in [1.82, 2.24) is 4.98 Å². The van der Waals surface area contributed by atoms with Crippen molar-refractivity contribution in [3.63, 3.8) is 0 Å². The van der Waals surface area contributed by atoms with Crippen LogP contribution in [0.3, 0.4) is 0 Å². The molecule has 28 heavy (non-hydrogen) atoms. The first-order valence-electron chi connectivity index (χ1n) is 8.66. The van der Waals surface area contributed by atoms with Crippen LogP contribution in [-0.2, 0) is 0 Å². The zero-order valence-corrected chi connectivity index (χ0v) is 16.1. The van der Waals surface area contributed by atoms with Crippen LogP contribution in [0.5, 0.6) is 5.75 Å². The molecule has 4 aromatic rings. The molecule has 0 aliphatic heterocycles. The summed E-state index contributed by atoms with van der Waals surface area (Å²) in [6.07, 6.45) is 0. The highest BCUT2D eigenvalue weighted by molar-refractivity contribution is 6.33. The quantitative estimate of drug-likeness (QED) is 0.482. The fourth-order valence-corrected chi connectivity index (χ4v) is 3.15. The number of amides is 1. The lowest BCUT2D eigenvalue weighted by molar-refractivity contribution is 0.102. The number of hydrogen-bond acceptors (Lipinski definition) is 4. The minimum absolute atomic E-state index is 0.279. The van der Waals surface area contributed by atoms with Crippen molar-refractivity contribution in [3.8, 4) is 17.2 Å². The summed E-state index contributed by atoms with van der Waals surface area (Å²) in [6, 6.07) is 18.0. The van der Waals surface area contributed by atoms with Gasteiger partial charge in [0.1, 0.15) is 11.3 Å². The summed E-state index contributed by atoms with van der Waals surface area (Å²) in [7, 11) is 1.53. The van der Waals surface area contributed by atoms with E-state index in [1.54, 1.807) is 36.4 Å². The van der Waals surface area contributed by atoms with Gasteiger partial charge in [-0.05, 0) is 55.0 Å². The second kappa shape index (κ2) is 7.37. The number of anilines is 1. The Morgan fingerprint density at radius 1 is 1.11 bits per heavy atom. The van der Waals surface area contributed by atoms with Gasteiger partial charge in [-0.2, -0.15) is 0 Å². The zero-order chi connectivity index (χ0) is 19.7. The number of carbonyl (C=O) groups is 1. The van der Waals surface area contributed by atoms with Gasteiger partial charge in [0, 0.05) is 5.69 Å². The van der Waals surface area contributed by atoms with Gasteiger partial charge < -0.3 is 14.5 Å². The fourth-order valence-electron chi connectivity index (χ4n) is 2.95. The maximum atomic E-state index is 12.6. The maximum absolute atomic E-state index is 12.6. The van der Waals surface area contributed by atoms with Crippen LogP contribution in [0, 0.1) is 6.92 Å². The topological polar surface area (TPSA) is 64.4 Å². The Hall–Kier alpha value is -3.31. The number of nitrogens with one attached hydrogen (secondary N) is 1. The molecule has 140 valence electrons. The zero-order valence-electron chi connectivity index (χ0n) is 15.3. The molecule has 5 nitrogen and oxygen atoms in total. The first-order valence-corrected chi connectivity index (χ1v) is 9.04. The summed E-state index contributed by atoms with van der Waals surface area (Å²) in [5.74, 6) is 0.626. The fraction of sp³-hybridized carbons (Fsp3) is 0.0909. The van der Waals surface area contributed by atoms with Gasteiger partial charge in [-0.15, -0.1) is 0 Å². The number of oxazole rings is 1. The molecule has 4 rings (SSSR count). The highest BCUT2D eigenvalue weighted by Crippen LogP contribution is 2.33. The number of aromatic nitrogens is 1. The predicted molar refractivity (Wildman–Crippen MR) is 110 cm³/mol. The largest absolute Gasteiger partial charge is 0.496 e. The van der Waals surface area contributed by atoms with Gasteiger partial charge >= 0.3 is 0 Å². The lowest BCUT2D eigenvalue weighted by atomic mass is 10.1. The second-order valence-electron chi connectivity index (χ2n) is 6.34. The minimum atomic E-state index is -0.279. The molecule has 0 aliphatic carbocycles. The summed E-state index contributed by atoms with van der Waals surface area (Å²) >= 11 is 6.36. The molecule has 0 saturated heterocycles. The van der Waals surface area contributed by atoms with Crippen LogP contribution >= 0.6 is 11.6 Å². The van der Waals surface area contributed by atoms with Crippen molar-refractivity contribution in [2.75, 3.05) is 12.4 Å². The monoisotopic (exact) mass is 392 g/mol. The Balaban J connectivity index is 1.67. The van der Waals surface area contributed by atoms with Gasteiger partial charge in [0.05, 0.1) is 23.3 Å². The molecule has 0 saturated carbocycles.